The van der Waals surface area contributed by atoms with Gasteiger partial charge < -0.3 is 0 Å². The molecule has 8 heteroatoms. The fourth-order valence-corrected chi connectivity index (χ4v) is 4.05. The highest BCUT2D eigenvalue weighted by atomic mass is 32.2. The summed E-state index contributed by atoms with van der Waals surface area (Å²) in [5.41, 5.74) is 2.18. The highest BCUT2D eigenvalue weighted by Crippen LogP contribution is 2.21. The van der Waals surface area contributed by atoms with Gasteiger partial charge in [-0.25, -0.2) is 21.1 Å². The molecular formula is C16H20N2O4S2. The van der Waals surface area contributed by atoms with Crippen molar-refractivity contribution >= 4 is 25.7 Å². The van der Waals surface area contributed by atoms with Gasteiger partial charge in [0.2, 0.25) is 10.0 Å². The number of hydrogen-bond donors (Lipinski definition) is 1. The molecule has 130 valence electrons. The first kappa shape index (κ1) is 18.4. The third kappa shape index (κ3) is 3.77. The van der Waals surface area contributed by atoms with Crippen molar-refractivity contribution in [3.63, 3.8) is 0 Å². The van der Waals surface area contributed by atoms with E-state index in [1.807, 2.05) is 13.8 Å². The van der Waals surface area contributed by atoms with Crippen LogP contribution in [0.5, 0.6) is 0 Å². The van der Waals surface area contributed by atoms with Crippen LogP contribution >= 0.6 is 0 Å². The number of nitrogens with one attached hydrogen (secondary N) is 1. The molecule has 0 saturated heterocycles. The molecular weight excluding hydrogens is 348 g/mol. The molecule has 2 aromatic rings. The predicted octanol–water partition coefficient (Wildman–Crippen LogP) is 2.35. The summed E-state index contributed by atoms with van der Waals surface area (Å²) in [7, 11) is -4.40. The first-order valence-electron chi connectivity index (χ1n) is 7.17. The van der Waals surface area contributed by atoms with Gasteiger partial charge in [-0.05, 0) is 61.4 Å². The number of aryl methyl sites for hydroxylation is 2. The van der Waals surface area contributed by atoms with Crippen LogP contribution in [-0.4, -0.2) is 35.2 Å². The van der Waals surface area contributed by atoms with Gasteiger partial charge in [0.15, 0.2) is 0 Å². The van der Waals surface area contributed by atoms with Crippen molar-refractivity contribution in [2.75, 3.05) is 18.8 Å². The second-order valence-electron chi connectivity index (χ2n) is 5.66. The number of sulfonamides is 2. The molecule has 0 bridgehead atoms. The Bertz CT molecular complexity index is 948. The van der Waals surface area contributed by atoms with Gasteiger partial charge in [0.25, 0.3) is 10.0 Å². The Balaban J connectivity index is 2.29. The van der Waals surface area contributed by atoms with E-state index in [0.717, 1.165) is 15.4 Å². The van der Waals surface area contributed by atoms with Crippen molar-refractivity contribution < 1.29 is 16.8 Å². The van der Waals surface area contributed by atoms with Crippen molar-refractivity contribution in [2.24, 2.45) is 0 Å². The molecule has 0 saturated carbocycles. The molecule has 0 aliphatic carbocycles. The molecule has 6 nitrogen and oxygen atoms in total. The van der Waals surface area contributed by atoms with Crippen molar-refractivity contribution in [2.45, 2.75) is 23.6 Å². The lowest BCUT2D eigenvalue weighted by Crippen LogP contribution is -2.22. The fraction of sp³-hybridized carbons (Fsp3) is 0.250. The monoisotopic (exact) mass is 368 g/mol. The molecule has 0 fully saturated rings. The number of rotatable bonds is 5. The summed E-state index contributed by atoms with van der Waals surface area (Å²) in [5, 5.41) is 0. The Morgan fingerprint density at radius 3 is 1.83 bits per heavy atom. The van der Waals surface area contributed by atoms with Crippen LogP contribution in [0.2, 0.25) is 0 Å². The Morgan fingerprint density at radius 2 is 1.33 bits per heavy atom. The van der Waals surface area contributed by atoms with Crippen LogP contribution in [0.15, 0.2) is 52.3 Å². The van der Waals surface area contributed by atoms with Crippen LogP contribution in [0.3, 0.4) is 0 Å². The van der Waals surface area contributed by atoms with Crippen LogP contribution in [0.25, 0.3) is 0 Å². The van der Waals surface area contributed by atoms with Gasteiger partial charge in [-0.15, -0.1) is 0 Å². The van der Waals surface area contributed by atoms with Crippen LogP contribution < -0.4 is 4.72 Å². The van der Waals surface area contributed by atoms with E-state index in [2.05, 4.69) is 4.72 Å². The summed E-state index contributed by atoms with van der Waals surface area (Å²) in [4.78, 5) is 0.261. The van der Waals surface area contributed by atoms with Gasteiger partial charge in [-0.1, -0.05) is 6.07 Å². The van der Waals surface area contributed by atoms with E-state index in [-0.39, 0.29) is 9.79 Å². The van der Waals surface area contributed by atoms with E-state index >= 15 is 0 Å². The van der Waals surface area contributed by atoms with Gasteiger partial charge in [-0.2, -0.15) is 0 Å². The zero-order valence-electron chi connectivity index (χ0n) is 13.9. The standard InChI is InChI=1S/C16H20N2O4S2/c1-12-5-8-16(11-13(12)2)23(19,20)17-14-6-9-15(10-7-14)24(21,22)18(3)4/h5-11,17H,1-4H3. The summed E-state index contributed by atoms with van der Waals surface area (Å²) in [6.07, 6.45) is 0. The van der Waals surface area contributed by atoms with E-state index in [0.29, 0.717) is 5.69 Å². The van der Waals surface area contributed by atoms with E-state index in [9.17, 15) is 16.8 Å². The zero-order chi connectivity index (χ0) is 18.1. The van der Waals surface area contributed by atoms with E-state index in [1.54, 1.807) is 12.1 Å². The summed E-state index contributed by atoms with van der Waals surface area (Å²) < 4.78 is 52.4. The summed E-state index contributed by atoms with van der Waals surface area (Å²) in [5.74, 6) is 0. The van der Waals surface area contributed by atoms with Gasteiger partial charge in [0.1, 0.15) is 0 Å². The number of hydrogen-bond acceptors (Lipinski definition) is 4. The molecule has 0 aliphatic heterocycles. The average molecular weight is 368 g/mol. The molecule has 0 spiro atoms. The minimum absolute atomic E-state index is 0.0987. The Hall–Kier alpha value is -1.90. The fourth-order valence-electron chi connectivity index (χ4n) is 2.00. The minimum Gasteiger partial charge on any atom is -0.280 e. The molecule has 24 heavy (non-hydrogen) atoms. The lowest BCUT2D eigenvalue weighted by Gasteiger charge is -2.13. The largest absolute Gasteiger partial charge is 0.280 e. The number of benzene rings is 2. The maximum absolute atomic E-state index is 12.4. The molecule has 0 heterocycles. The van der Waals surface area contributed by atoms with Gasteiger partial charge >= 0.3 is 0 Å². The highest BCUT2D eigenvalue weighted by Gasteiger charge is 2.18. The Kier molecular flexibility index (Phi) is 5.03. The van der Waals surface area contributed by atoms with Gasteiger partial charge in [0.05, 0.1) is 9.79 Å². The summed E-state index contributed by atoms with van der Waals surface area (Å²) in [6, 6.07) is 10.5. The van der Waals surface area contributed by atoms with Crippen LogP contribution in [0.4, 0.5) is 5.69 Å². The zero-order valence-corrected chi connectivity index (χ0v) is 15.6. The Labute approximate surface area is 143 Å². The van der Waals surface area contributed by atoms with E-state index < -0.39 is 20.0 Å². The molecule has 0 amide bonds. The Morgan fingerprint density at radius 1 is 0.792 bits per heavy atom. The third-order valence-electron chi connectivity index (χ3n) is 3.67. The first-order chi connectivity index (χ1) is 11.0. The number of nitrogens with zero attached hydrogens (tertiary/aromatic N) is 1. The SMILES string of the molecule is Cc1ccc(S(=O)(=O)Nc2ccc(S(=O)(=O)N(C)C)cc2)cc1C. The lowest BCUT2D eigenvalue weighted by molar-refractivity contribution is 0.521. The highest BCUT2D eigenvalue weighted by molar-refractivity contribution is 7.92. The van der Waals surface area contributed by atoms with Gasteiger partial charge in [0, 0.05) is 19.8 Å². The molecule has 0 aromatic heterocycles. The number of anilines is 1. The molecule has 1 N–H and O–H groups in total. The van der Waals surface area contributed by atoms with E-state index in [4.69, 9.17) is 0 Å². The minimum atomic E-state index is -3.73. The first-order valence-corrected chi connectivity index (χ1v) is 10.1. The molecule has 2 aromatic carbocycles. The second kappa shape index (κ2) is 6.54. The quantitative estimate of drug-likeness (QED) is 0.878. The smallest absolute Gasteiger partial charge is 0.261 e. The van der Waals surface area contributed by atoms with Crippen molar-refractivity contribution in [1.82, 2.24) is 4.31 Å². The average Bonchev–Trinajstić information content (AvgIpc) is 2.50. The van der Waals surface area contributed by atoms with Crippen LogP contribution in [0, 0.1) is 13.8 Å². The predicted molar refractivity (Wildman–Crippen MR) is 94.0 cm³/mol. The van der Waals surface area contributed by atoms with Crippen molar-refractivity contribution in [3.8, 4) is 0 Å². The molecule has 2 rings (SSSR count). The molecule has 0 aliphatic rings. The maximum atomic E-state index is 12.4. The normalized spacial score (nSPS) is 12.4. The summed E-state index contributed by atoms with van der Waals surface area (Å²) in [6.45, 7) is 3.75. The van der Waals surface area contributed by atoms with E-state index in [1.165, 1.54) is 44.4 Å². The lowest BCUT2D eigenvalue weighted by atomic mass is 10.1. The molecule has 0 atom stereocenters. The van der Waals surface area contributed by atoms with Crippen molar-refractivity contribution in [1.29, 1.82) is 0 Å². The third-order valence-corrected chi connectivity index (χ3v) is 6.88. The second-order valence-corrected chi connectivity index (χ2v) is 9.50. The molecule has 0 unspecified atom stereocenters. The van der Waals surface area contributed by atoms with Crippen molar-refractivity contribution in [3.05, 3.63) is 53.6 Å². The molecule has 0 radical (unpaired) electrons. The summed E-state index contributed by atoms with van der Waals surface area (Å²) >= 11 is 0. The maximum Gasteiger partial charge on any atom is 0.261 e. The topological polar surface area (TPSA) is 83.5 Å². The van der Waals surface area contributed by atoms with Crippen LogP contribution in [-0.2, 0) is 20.0 Å². The van der Waals surface area contributed by atoms with Gasteiger partial charge in [-0.3, -0.25) is 4.72 Å². The van der Waals surface area contributed by atoms with Crippen LogP contribution in [0.1, 0.15) is 11.1 Å².